The van der Waals surface area contributed by atoms with Crippen molar-refractivity contribution in [1.82, 2.24) is 0 Å². The van der Waals surface area contributed by atoms with Crippen LogP contribution in [0.25, 0.3) is 0 Å². The van der Waals surface area contributed by atoms with Crippen LogP contribution in [-0.4, -0.2) is 26.6 Å². The number of benzene rings is 2. The fourth-order valence-corrected chi connectivity index (χ4v) is 2.72. The third kappa shape index (κ3) is 6.46. The predicted octanol–water partition coefficient (Wildman–Crippen LogP) is 5.33. The molecule has 0 saturated heterocycles. The molecule has 0 saturated carbocycles. The average molecular weight is 445 g/mol. The van der Waals surface area contributed by atoms with Crippen LogP contribution in [0.4, 0.5) is 24.5 Å². The Labute approximate surface area is 164 Å². The second-order valence-electron chi connectivity index (χ2n) is 6.08. The molecule has 2 aromatic rings. The van der Waals surface area contributed by atoms with Gasteiger partial charge in [0.05, 0.1) is 17.9 Å². The van der Waals surface area contributed by atoms with E-state index in [0.29, 0.717) is 17.9 Å². The van der Waals surface area contributed by atoms with Crippen LogP contribution in [0.15, 0.2) is 46.9 Å². The van der Waals surface area contributed by atoms with Gasteiger partial charge in [-0.1, -0.05) is 22.0 Å². The summed E-state index contributed by atoms with van der Waals surface area (Å²) in [5, 5.41) is 2.35. The number of anilines is 2. The molecule has 0 aromatic heterocycles. The van der Waals surface area contributed by atoms with Gasteiger partial charge in [0.1, 0.15) is 5.75 Å². The summed E-state index contributed by atoms with van der Waals surface area (Å²) in [5.74, 6) is 0.166. The van der Waals surface area contributed by atoms with Crippen LogP contribution in [0.2, 0.25) is 0 Å². The molecule has 0 spiro atoms. The number of amides is 1. The maximum Gasteiger partial charge on any atom is 0.418 e. The molecule has 0 atom stereocenters. The lowest BCUT2D eigenvalue weighted by molar-refractivity contribution is -0.136. The molecule has 0 aliphatic carbocycles. The van der Waals surface area contributed by atoms with E-state index in [9.17, 15) is 18.0 Å². The van der Waals surface area contributed by atoms with Crippen molar-refractivity contribution in [2.24, 2.45) is 0 Å². The summed E-state index contributed by atoms with van der Waals surface area (Å²) in [7, 11) is 3.30. The Morgan fingerprint density at radius 1 is 1.19 bits per heavy atom. The molecule has 0 aliphatic rings. The third-order valence-electron chi connectivity index (χ3n) is 3.71. The van der Waals surface area contributed by atoms with Crippen molar-refractivity contribution in [3.8, 4) is 5.75 Å². The minimum atomic E-state index is -4.56. The molecular weight excluding hydrogens is 425 g/mol. The van der Waals surface area contributed by atoms with Crippen LogP contribution < -0.4 is 15.0 Å². The standard InChI is InChI=1S/C19H20BrF3N2O2/c1-25(2)14-8-9-17(16(12-14)19(21,22)23)24-18(26)7-4-10-27-15-6-3-5-13(20)11-15/h3,5-6,8-9,11-12H,4,7,10H2,1-2H3,(H,24,26). The topological polar surface area (TPSA) is 41.6 Å². The van der Waals surface area contributed by atoms with E-state index in [1.165, 1.54) is 12.1 Å². The SMILES string of the molecule is CN(C)c1ccc(NC(=O)CCCOc2cccc(Br)c2)c(C(F)(F)F)c1. The highest BCUT2D eigenvalue weighted by Gasteiger charge is 2.34. The first kappa shape index (κ1) is 21.1. The van der Waals surface area contributed by atoms with E-state index in [4.69, 9.17) is 4.74 Å². The van der Waals surface area contributed by atoms with Crippen molar-refractivity contribution in [1.29, 1.82) is 0 Å². The first-order chi connectivity index (χ1) is 12.7. The van der Waals surface area contributed by atoms with Gasteiger partial charge in [-0.3, -0.25) is 4.79 Å². The summed E-state index contributed by atoms with van der Waals surface area (Å²) in [6, 6.07) is 11.1. The Hall–Kier alpha value is -2.22. The van der Waals surface area contributed by atoms with E-state index in [2.05, 4.69) is 21.2 Å². The molecule has 1 N–H and O–H groups in total. The highest BCUT2D eigenvalue weighted by atomic mass is 79.9. The van der Waals surface area contributed by atoms with Crippen molar-refractivity contribution < 1.29 is 22.7 Å². The minimum absolute atomic E-state index is 0.0563. The number of ether oxygens (including phenoxy) is 1. The average Bonchev–Trinajstić information content (AvgIpc) is 2.58. The number of rotatable bonds is 7. The van der Waals surface area contributed by atoms with Crippen LogP contribution in [0, 0.1) is 0 Å². The maximum absolute atomic E-state index is 13.3. The lowest BCUT2D eigenvalue weighted by atomic mass is 10.1. The highest BCUT2D eigenvalue weighted by Crippen LogP contribution is 2.37. The number of carbonyl (C=O) groups excluding carboxylic acids is 1. The summed E-state index contributed by atoms with van der Waals surface area (Å²) < 4.78 is 46.2. The largest absolute Gasteiger partial charge is 0.494 e. The Bertz CT molecular complexity index is 795. The van der Waals surface area contributed by atoms with Crippen LogP contribution in [0.5, 0.6) is 5.75 Å². The Kier molecular flexibility index (Phi) is 7.12. The van der Waals surface area contributed by atoms with Gasteiger partial charge in [-0.15, -0.1) is 0 Å². The molecular formula is C19H20BrF3N2O2. The molecule has 146 valence electrons. The third-order valence-corrected chi connectivity index (χ3v) is 4.21. The highest BCUT2D eigenvalue weighted by molar-refractivity contribution is 9.10. The minimum Gasteiger partial charge on any atom is -0.494 e. The van der Waals surface area contributed by atoms with Crippen molar-refractivity contribution in [2.75, 3.05) is 30.9 Å². The molecule has 0 aliphatic heterocycles. The van der Waals surface area contributed by atoms with Gasteiger partial charge in [-0.2, -0.15) is 13.2 Å². The summed E-state index contributed by atoms with van der Waals surface area (Å²) >= 11 is 3.33. The zero-order valence-electron chi connectivity index (χ0n) is 14.9. The number of hydrogen-bond acceptors (Lipinski definition) is 3. The second-order valence-corrected chi connectivity index (χ2v) is 7.00. The van der Waals surface area contributed by atoms with E-state index >= 15 is 0 Å². The number of carbonyl (C=O) groups is 1. The quantitative estimate of drug-likeness (QED) is 0.586. The summed E-state index contributed by atoms with van der Waals surface area (Å²) in [4.78, 5) is 13.6. The smallest absolute Gasteiger partial charge is 0.418 e. The van der Waals surface area contributed by atoms with Gasteiger partial charge in [0.15, 0.2) is 0 Å². The summed E-state index contributed by atoms with van der Waals surface area (Å²) in [5.41, 5.74) is -0.707. The Balaban J connectivity index is 1.93. The summed E-state index contributed by atoms with van der Waals surface area (Å²) in [6.07, 6.45) is -4.12. The second kappa shape index (κ2) is 9.12. The zero-order chi connectivity index (χ0) is 20.0. The monoisotopic (exact) mass is 444 g/mol. The molecule has 4 nitrogen and oxygen atoms in total. The van der Waals surface area contributed by atoms with Gasteiger partial charge in [-0.05, 0) is 42.8 Å². The fourth-order valence-electron chi connectivity index (χ4n) is 2.35. The van der Waals surface area contributed by atoms with E-state index in [1.54, 1.807) is 31.1 Å². The number of alkyl halides is 3. The molecule has 0 fully saturated rings. The van der Waals surface area contributed by atoms with E-state index in [1.807, 2.05) is 12.1 Å². The fraction of sp³-hybridized carbons (Fsp3) is 0.316. The van der Waals surface area contributed by atoms with E-state index < -0.39 is 17.6 Å². The van der Waals surface area contributed by atoms with Crippen molar-refractivity contribution in [2.45, 2.75) is 19.0 Å². The lowest BCUT2D eigenvalue weighted by Gasteiger charge is -2.18. The molecule has 8 heteroatoms. The number of nitrogens with zero attached hydrogens (tertiary/aromatic N) is 1. The molecule has 0 radical (unpaired) electrons. The van der Waals surface area contributed by atoms with Gasteiger partial charge < -0.3 is 15.0 Å². The summed E-state index contributed by atoms with van der Waals surface area (Å²) in [6.45, 7) is 0.287. The molecule has 2 rings (SSSR count). The van der Waals surface area contributed by atoms with E-state index in [0.717, 1.165) is 10.5 Å². The number of nitrogens with one attached hydrogen (secondary N) is 1. The molecule has 27 heavy (non-hydrogen) atoms. The molecule has 2 aromatic carbocycles. The molecule has 0 heterocycles. The Morgan fingerprint density at radius 2 is 1.93 bits per heavy atom. The van der Waals surface area contributed by atoms with Crippen LogP contribution >= 0.6 is 15.9 Å². The number of halogens is 4. The van der Waals surface area contributed by atoms with Crippen molar-refractivity contribution in [3.63, 3.8) is 0 Å². The van der Waals surface area contributed by atoms with Crippen LogP contribution in [0.1, 0.15) is 18.4 Å². The molecule has 0 unspecified atom stereocenters. The number of hydrogen-bond donors (Lipinski definition) is 1. The van der Waals surface area contributed by atoms with Crippen LogP contribution in [0.3, 0.4) is 0 Å². The zero-order valence-corrected chi connectivity index (χ0v) is 16.5. The van der Waals surface area contributed by atoms with Crippen molar-refractivity contribution >= 4 is 33.2 Å². The van der Waals surface area contributed by atoms with Crippen LogP contribution in [-0.2, 0) is 11.0 Å². The van der Waals surface area contributed by atoms with Gasteiger partial charge in [0.2, 0.25) is 5.91 Å². The van der Waals surface area contributed by atoms with Gasteiger partial charge in [-0.25, -0.2) is 0 Å². The van der Waals surface area contributed by atoms with Gasteiger partial charge in [0.25, 0.3) is 0 Å². The Morgan fingerprint density at radius 3 is 2.56 bits per heavy atom. The van der Waals surface area contributed by atoms with Gasteiger partial charge >= 0.3 is 6.18 Å². The lowest BCUT2D eigenvalue weighted by Crippen LogP contribution is -2.18. The first-order valence-corrected chi connectivity index (χ1v) is 9.03. The predicted molar refractivity (Wildman–Crippen MR) is 103 cm³/mol. The van der Waals surface area contributed by atoms with E-state index in [-0.39, 0.29) is 18.7 Å². The first-order valence-electron chi connectivity index (χ1n) is 8.23. The van der Waals surface area contributed by atoms with Gasteiger partial charge in [0, 0.05) is 30.7 Å². The molecule has 0 bridgehead atoms. The normalized spacial score (nSPS) is 11.2. The maximum atomic E-state index is 13.3. The molecule has 1 amide bonds. The van der Waals surface area contributed by atoms with Crippen molar-refractivity contribution in [3.05, 3.63) is 52.5 Å².